The third-order valence-corrected chi connectivity index (χ3v) is 9.26. The molecule has 0 amide bonds. The van der Waals surface area contributed by atoms with E-state index in [1.54, 1.807) is 21.3 Å². The molecule has 5 heteroatoms. The number of hydrogen-bond acceptors (Lipinski definition) is 3. The summed E-state index contributed by atoms with van der Waals surface area (Å²) in [6.07, 6.45) is 8.82. The highest BCUT2D eigenvalue weighted by molar-refractivity contribution is 6.70. The molecule has 0 N–H and O–H groups in total. The summed E-state index contributed by atoms with van der Waals surface area (Å²) in [6, 6.07) is 1.06. The van der Waals surface area contributed by atoms with Gasteiger partial charge in [0.1, 0.15) is 5.22 Å². The first-order valence-electron chi connectivity index (χ1n) is 9.95. The Kier molecular flexibility index (Phi) is 17.9. The first-order chi connectivity index (χ1) is 12.4. The van der Waals surface area contributed by atoms with Gasteiger partial charge >= 0.3 is 8.56 Å². The molecule has 155 valence electrons. The molecule has 1 rings (SSSR count). The second kappa shape index (κ2) is 16.7. The highest BCUT2D eigenvalue weighted by Gasteiger charge is 2.58. The summed E-state index contributed by atoms with van der Waals surface area (Å²) in [4.78, 5) is 0. The molecule has 0 bridgehead atoms. The van der Waals surface area contributed by atoms with Crippen LogP contribution in [0.5, 0.6) is 0 Å². The normalized spacial score (nSPS) is 20.8. The van der Waals surface area contributed by atoms with Crippen LogP contribution in [0.3, 0.4) is 0 Å². The molecule has 1 heterocycles. The van der Waals surface area contributed by atoms with Crippen LogP contribution in [0, 0.1) is 0 Å². The quantitative estimate of drug-likeness (QED) is 0.293. The van der Waals surface area contributed by atoms with E-state index >= 15 is 0 Å². The summed E-state index contributed by atoms with van der Waals surface area (Å²) >= 11 is 0. The summed E-state index contributed by atoms with van der Waals surface area (Å²) in [5.74, 6) is 0. The Labute approximate surface area is 163 Å². The average Bonchev–Trinajstić information content (AvgIpc) is 2.67. The molecule has 0 aliphatic carbocycles. The van der Waals surface area contributed by atoms with Crippen molar-refractivity contribution in [2.45, 2.75) is 90.3 Å². The molecule has 0 spiro atoms. The number of allylic oxidation sites excluding steroid dienone is 1. The van der Waals surface area contributed by atoms with E-state index in [0.29, 0.717) is 0 Å². The molecule has 0 aromatic carbocycles. The Hall–Kier alpha value is -0.423. The lowest BCUT2D eigenvalue weighted by Gasteiger charge is -2.47. The first kappa shape index (κ1) is 27.8. The topological polar surface area (TPSA) is 47.6 Å². The molecule has 1 atom stereocenters. The van der Waals surface area contributed by atoms with Crippen molar-refractivity contribution in [1.82, 2.24) is 0 Å². The number of ether oxygens (including phenoxy) is 1. The molecule has 0 saturated carbocycles. The zero-order valence-electron chi connectivity index (χ0n) is 18.4. The standard InChI is InChI=1S/C11H24O3Si.C5H11O.C5H8/c1-5-8-11(12-2)9-6-7-10-15(11,13-3)14-4;1-2-3-4-5-6;1-4-5(2)3/h5-10H2,1-4H3;2-5H2,1H3;1H2,2-3H3. The van der Waals surface area contributed by atoms with E-state index in [1.165, 1.54) is 12.8 Å². The SMILES string of the molecule is C=C=C(C)C.CCCC1(OC)CCCC[Si]1(OC)OC.CCCCC[O]. The van der Waals surface area contributed by atoms with E-state index in [0.717, 1.165) is 50.1 Å². The third-order valence-electron chi connectivity index (χ3n) is 4.84. The van der Waals surface area contributed by atoms with Crippen LogP contribution in [-0.4, -0.2) is 41.7 Å². The van der Waals surface area contributed by atoms with Crippen molar-refractivity contribution in [3.63, 3.8) is 0 Å². The van der Waals surface area contributed by atoms with Crippen molar-refractivity contribution in [3.05, 3.63) is 17.9 Å². The smallest absolute Gasteiger partial charge is 0.370 e. The summed E-state index contributed by atoms with van der Waals surface area (Å²) in [5, 5.41) is 9.57. The maximum Gasteiger partial charge on any atom is 0.370 e. The van der Waals surface area contributed by atoms with Crippen molar-refractivity contribution in [1.29, 1.82) is 0 Å². The Balaban J connectivity index is 0. The minimum Gasteiger partial charge on any atom is -0.396 e. The molecule has 1 aliphatic heterocycles. The molecule has 1 unspecified atom stereocenters. The third kappa shape index (κ3) is 9.49. The van der Waals surface area contributed by atoms with Crippen LogP contribution >= 0.6 is 0 Å². The number of hydrogen-bond donors (Lipinski definition) is 0. The highest BCUT2D eigenvalue weighted by Crippen LogP contribution is 2.42. The second-order valence-corrected chi connectivity index (χ2v) is 10.6. The van der Waals surface area contributed by atoms with Crippen molar-refractivity contribution in [2.24, 2.45) is 0 Å². The highest BCUT2D eigenvalue weighted by atomic mass is 28.4. The van der Waals surface area contributed by atoms with Crippen molar-refractivity contribution in [3.8, 4) is 0 Å². The molecule has 1 radical (unpaired) electrons. The lowest BCUT2D eigenvalue weighted by molar-refractivity contribution is -0.0149. The molecular weight excluding hydrogens is 344 g/mol. The zero-order valence-corrected chi connectivity index (χ0v) is 19.4. The molecule has 1 saturated heterocycles. The fourth-order valence-corrected chi connectivity index (χ4v) is 7.27. The fourth-order valence-electron chi connectivity index (χ4n) is 3.28. The number of unbranched alkanes of at least 4 members (excludes halogenated alkanes) is 2. The molecule has 4 nitrogen and oxygen atoms in total. The molecule has 0 aromatic rings. The maximum absolute atomic E-state index is 9.69. The largest absolute Gasteiger partial charge is 0.396 e. The van der Waals surface area contributed by atoms with E-state index in [2.05, 4.69) is 26.2 Å². The molecular formula is C21H43O4Si. The summed E-state index contributed by atoms with van der Waals surface area (Å²) in [6.45, 7) is 11.7. The van der Waals surface area contributed by atoms with Gasteiger partial charge in [0.25, 0.3) is 0 Å². The summed E-state index contributed by atoms with van der Waals surface area (Å²) < 4.78 is 17.4. The van der Waals surface area contributed by atoms with E-state index in [9.17, 15) is 5.11 Å². The van der Waals surface area contributed by atoms with Gasteiger partial charge in [-0.3, -0.25) is 0 Å². The molecule has 26 heavy (non-hydrogen) atoms. The van der Waals surface area contributed by atoms with Crippen molar-refractivity contribution >= 4 is 8.56 Å². The van der Waals surface area contributed by atoms with Gasteiger partial charge < -0.3 is 13.6 Å². The van der Waals surface area contributed by atoms with Gasteiger partial charge in [-0.05, 0) is 44.7 Å². The van der Waals surface area contributed by atoms with Gasteiger partial charge in [-0.2, -0.15) is 0 Å². The monoisotopic (exact) mass is 387 g/mol. The lowest BCUT2D eigenvalue weighted by atomic mass is 10.1. The Bertz CT molecular complexity index is 364. The predicted molar refractivity (Wildman–Crippen MR) is 112 cm³/mol. The van der Waals surface area contributed by atoms with Crippen LogP contribution in [0.15, 0.2) is 17.9 Å². The van der Waals surface area contributed by atoms with E-state index in [4.69, 9.17) is 13.6 Å². The maximum atomic E-state index is 9.69. The lowest BCUT2D eigenvalue weighted by Crippen LogP contribution is -2.64. The van der Waals surface area contributed by atoms with Gasteiger partial charge in [0.2, 0.25) is 0 Å². The van der Waals surface area contributed by atoms with Crippen LogP contribution in [0.4, 0.5) is 0 Å². The van der Waals surface area contributed by atoms with E-state index in [1.807, 2.05) is 13.8 Å². The van der Waals surface area contributed by atoms with Gasteiger partial charge in [-0.1, -0.05) is 52.5 Å². The number of methoxy groups -OCH3 is 1. The number of rotatable bonds is 8. The van der Waals surface area contributed by atoms with Gasteiger partial charge in [0.05, 0.1) is 6.61 Å². The van der Waals surface area contributed by atoms with Crippen LogP contribution in [0.25, 0.3) is 0 Å². The first-order valence-corrected chi connectivity index (χ1v) is 12.0. The Morgan fingerprint density at radius 2 is 1.65 bits per heavy atom. The predicted octanol–water partition coefficient (Wildman–Crippen LogP) is 5.97. The van der Waals surface area contributed by atoms with Crippen LogP contribution < -0.4 is 0 Å². The fraction of sp³-hybridized carbons (Fsp3) is 0.857. The molecule has 0 aromatic heterocycles. The second-order valence-electron chi connectivity index (χ2n) is 6.90. The summed E-state index contributed by atoms with van der Waals surface area (Å²) in [5.41, 5.74) is 3.84. The van der Waals surface area contributed by atoms with Crippen LogP contribution in [-0.2, 0) is 18.7 Å². The van der Waals surface area contributed by atoms with E-state index < -0.39 is 8.56 Å². The van der Waals surface area contributed by atoms with Crippen LogP contribution in [0.1, 0.15) is 79.1 Å². The van der Waals surface area contributed by atoms with Gasteiger partial charge in [0, 0.05) is 21.3 Å². The molecule has 1 fully saturated rings. The van der Waals surface area contributed by atoms with Gasteiger partial charge in [-0.25, -0.2) is 5.11 Å². The Morgan fingerprint density at radius 3 is 1.96 bits per heavy atom. The Morgan fingerprint density at radius 1 is 1.08 bits per heavy atom. The minimum absolute atomic E-state index is 0.105. The summed E-state index contributed by atoms with van der Waals surface area (Å²) in [7, 11) is 3.22. The minimum atomic E-state index is -2.15. The van der Waals surface area contributed by atoms with Crippen LogP contribution in [0.2, 0.25) is 6.04 Å². The van der Waals surface area contributed by atoms with Crippen molar-refractivity contribution in [2.75, 3.05) is 27.9 Å². The molecule has 1 aliphatic rings. The zero-order chi connectivity index (χ0) is 20.5. The van der Waals surface area contributed by atoms with Crippen molar-refractivity contribution < 1.29 is 18.7 Å². The van der Waals surface area contributed by atoms with Gasteiger partial charge in [0.15, 0.2) is 0 Å². The average molecular weight is 388 g/mol. The van der Waals surface area contributed by atoms with Gasteiger partial charge in [-0.15, -0.1) is 5.73 Å². The van der Waals surface area contributed by atoms with E-state index in [-0.39, 0.29) is 11.8 Å².